The van der Waals surface area contributed by atoms with Crippen molar-refractivity contribution in [2.45, 2.75) is 26.0 Å². The van der Waals surface area contributed by atoms with E-state index in [9.17, 15) is 9.59 Å². The van der Waals surface area contributed by atoms with Crippen LogP contribution >= 0.6 is 0 Å². The summed E-state index contributed by atoms with van der Waals surface area (Å²) in [6, 6.07) is 0. The number of imidazole rings is 1. The zero-order valence-electron chi connectivity index (χ0n) is 9.28. The van der Waals surface area contributed by atoms with Crippen LogP contribution in [0, 0.1) is 0 Å². The van der Waals surface area contributed by atoms with Gasteiger partial charge in [0.15, 0.2) is 0 Å². The summed E-state index contributed by atoms with van der Waals surface area (Å²) in [7, 11) is 1.29. The molecule has 0 amide bonds. The minimum atomic E-state index is -0.514. The lowest BCUT2D eigenvalue weighted by atomic mass is 10.2. The van der Waals surface area contributed by atoms with Crippen molar-refractivity contribution in [3.63, 3.8) is 0 Å². The Bertz CT molecular complexity index is 460. The zero-order valence-corrected chi connectivity index (χ0v) is 9.28. The lowest BCUT2D eigenvalue weighted by molar-refractivity contribution is 0.0590. The van der Waals surface area contributed by atoms with Gasteiger partial charge in [0.05, 0.1) is 32.1 Å². The number of hydrogen-bond acceptors (Lipinski definition) is 4. The second kappa shape index (κ2) is 4.13. The molecule has 2 rings (SSSR count). The minimum Gasteiger partial charge on any atom is -0.464 e. The Morgan fingerprint density at radius 2 is 2.38 bits per heavy atom. The molecule has 16 heavy (non-hydrogen) atoms. The van der Waals surface area contributed by atoms with Crippen LogP contribution in [0.5, 0.6) is 0 Å². The van der Waals surface area contributed by atoms with E-state index in [2.05, 4.69) is 9.72 Å². The Labute approximate surface area is 92.2 Å². The van der Waals surface area contributed by atoms with Crippen molar-refractivity contribution in [1.29, 1.82) is 0 Å². The molecule has 0 bridgehead atoms. The fourth-order valence-corrected chi connectivity index (χ4v) is 1.89. The molecule has 6 heteroatoms. The van der Waals surface area contributed by atoms with Gasteiger partial charge in [-0.05, 0) is 6.92 Å². The summed E-state index contributed by atoms with van der Waals surface area (Å²) in [5.41, 5.74) is 0.624. The summed E-state index contributed by atoms with van der Waals surface area (Å²) in [6.07, 6.45) is 0.508. The first-order chi connectivity index (χ1) is 7.63. The number of aromatic nitrogens is 2. The Morgan fingerprint density at radius 3 is 3.06 bits per heavy atom. The summed E-state index contributed by atoms with van der Waals surface area (Å²) in [6.45, 7) is 2.86. The number of esters is 1. The second-order valence-electron chi connectivity index (χ2n) is 3.79. The van der Waals surface area contributed by atoms with E-state index >= 15 is 0 Å². The van der Waals surface area contributed by atoms with Crippen LogP contribution in [0.1, 0.15) is 23.1 Å². The molecule has 88 valence electrons. The summed E-state index contributed by atoms with van der Waals surface area (Å²) in [5, 5.41) is 0. The third kappa shape index (κ3) is 1.76. The Balaban J connectivity index is 2.48. The highest BCUT2D eigenvalue weighted by Gasteiger charge is 2.23. The summed E-state index contributed by atoms with van der Waals surface area (Å²) < 4.78 is 11.6. The summed E-state index contributed by atoms with van der Waals surface area (Å²) >= 11 is 0. The maximum atomic E-state index is 11.6. The van der Waals surface area contributed by atoms with Crippen molar-refractivity contribution in [3.8, 4) is 0 Å². The molecule has 1 N–H and O–H groups in total. The predicted octanol–water partition coefficient (Wildman–Crippen LogP) is -0.0758. The lowest BCUT2D eigenvalue weighted by Crippen LogP contribution is -2.23. The highest BCUT2D eigenvalue weighted by Crippen LogP contribution is 2.12. The number of H-pyrrole nitrogens is 1. The van der Waals surface area contributed by atoms with Crippen LogP contribution < -0.4 is 5.69 Å². The van der Waals surface area contributed by atoms with Crippen molar-refractivity contribution in [2.24, 2.45) is 0 Å². The number of methoxy groups -OCH3 is 1. The molecule has 1 atom stereocenters. The number of nitrogens with one attached hydrogen (secondary N) is 1. The van der Waals surface area contributed by atoms with Crippen LogP contribution in [0.3, 0.4) is 0 Å². The standard InChI is InChI=1S/C10H14N2O4/c1-6-5-12-7(3-4-16-6)8(9(13)15-2)11-10(12)14/h6H,3-5H2,1-2H3,(H,11,14)/t6-/m1/s1. The van der Waals surface area contributed by atoms with Crippen LogP contribution in [0.15, 0.2) is 4.79 Å². The molecule has 0 aliphatic carbocycles. The van der Waals surface area contributed by atoms with Gasteiger partial charge < -0.3 is 9.47 Å². The molecule has 1 aliphatic heterocycles. The molecule has 0 fully saturated rings. The third-order valence-electron chi connectivity index (χ3n) is 2.66. The highest BCUT2D eigenvalue weighted by atomic mass is 16.5. The number of ether oxygens (including phenoxy) is 2. The van der Waals surface area contributed by atoms with Crippen LogP contribution in [-0.2, 0) is 22.4 Å². The molecule has 0 aromatic carbocycles. The number of aromatic amines is 1. The molecule has 1 aliphatic rings. The SMILES string of the molecule is COC(=O)c1[nH]c(=O)n2c1CCO[C@H](C)C2. The minimum absolute atomic E-state index is 0.0275. The van der Waals surface area contributed by atoms with Crippen molar-refractivity contribution >= 4 is 5.97 Å². The topological polar surface area (TPSA) is 73.3 Å². The Hall–Kier alpha value is -1.56. The fraction of sp³-hybridized carbons (Fsp3) is 0.600. The number of carbonyl (C=O) groups is 1. The number of hydrogen-bond donors (Lipinski definition) is 1. The second-order valence-corrected chi connectivity index (χ2v) is 3.79. The van der Waals surface area contributed by atoms with E-state index in [4.69, 9.17) is 4.74 Å². The number of fused-ring (bicyclic) bond motifs is 1. The van der Waals surface area contributed by atoms with Gasteiger partial charge in [0, 0.05) is 6.42 Å². The van der Waals surface area contributed by atoms with Gasteiger partial charge >= 0.3 is 11.7 Å². The predicted molar refractivity (Wildman–Crippen MR) is 55.5 cm³/mol. The molecular weight excluding hydrogens is 212 g/mol. The largest absolute Gasteiger partial charge is 0.464 e. The van der Waals surface area contributed by atoms with Crippen molar-refractivity contribution in [1.82, 2.24) is 9.55 Å². The van der Waals surface area contributed by atoms with Crippen LogP contribution in [-0.4, -0.2) is 35.3 Å². The van der Waals surface area contributed by atoms with Crippen molar-refractivity contribution < 1.29 is 14.3 Å². The van der Waals surface area contributed by atoms with E-state index in [0.717, 1.165) is 0 Å². The first-order valence-electron chi connectivity index (χ1n) is 5.15. The normalized spacial score (nSPS) is 20.0. The smallest absolute Gasteiger partial charge is 0.356 e. The van der Waals surface area contributed by atoms with Gasteiger partial charge in [-0.15, -0.1) is 0 Å². The molecule has 0 radical (unpaired) electrons. The van der Waals surface area contributed by atoms with Gasteiger partial charge in [0.1, 0.15) is 5.69 Å². The van der Waals surface area contributed by atoms with E-state index in [1.54, 1.807) is 4.57 Å². The average molecular weight is 226 g/mol. The van der Waals surface area contributed by atoms with Gasteiger partial charge in [-0.1, -0.05) is 0 Å². The maximum Gasteiger partial charge on any atom is 0.356 e. The first kappa shape index (κ1) is 10.9. The monoisotopic (exact) mass is 226 g/mol. The lowest BCUT2D eigenvalue weighted by Gasteiger charge is -2.07. The Kier molecular flexibility index (Phi) is 2.82. The highest BCUT2D eigenvalue weighted by molar-refractivity contribution is 5.88. The van der Waals surface area contributed by atoms with Gasteiger partial charge in [-0.2, -0.15) is 0 Å². The van der Waals surface area contributed by atoms with E-state index < -0.39 is 5.97 Å². The molecular formula is C10H14N2O4. The zero-order chi connectivity index (χ0) is 11.7. The molecule has 2 heterocycles. The summed E-state index contributed by atoms with van der Waals surface area (Å²) in [4.78, 5) is 25.6. The van der Waals surface area contributed by atoms with E-state index in [1.165, 1.54) is 7.11 Å². The quantitative estimate of drug-likeness (QED) is 0.680. The molecule has 0 saturated carbocycles. The molecule has 6 nitrogen and oxygen atoms in total. The van der Waals surface area contributed by atoms with Crippen LogP contribution in [0.4, 0.5) is 0 Å². The molecule has 1 aromatic heterocycles. The van der Waals surface area contributed by atoms with Gasteiger partial charge in [-0.25, -0.2) is 9.59 Å². The van der Waals surface area contributed by atoms with Gasteiger partial charge in [0.2, 0.25) is 0 Å². The maximum absolute atomic E-state index is 11.6. The van der Waals surface area contributed by atoms with E-state index in [-0.39, 0.29) is 17.5 Å². The molecule has 1 aromatic rings. The summed E-state index contributed by atoms with van der Waals surface area (Å²) in [5.74, 6) is -0.514. The van der Waals surface area contributed by atoms with E-state index in [0.29, 0.717) is 25.3 Å². The number of carbonyl (C=O) groups excluding carboxylic acids is 1. The van der Waals surface area contributed by atoms with Crippen LogP contribution in [0.25, 0.3) is 0 Å². The molecule has 0 unspecified atom stereocenters. The molecule has 0 spiro atoms. The van der Waals surface area contributed by atoms with Crippen molar-refractivity contribution in [3.05, 3.63) is 21.9 Å². The number of rotatable bonds is 1. The fourth-order valence-electron chi connectivity index (χ4n) is 1.89. The van der Waals surface area contributed by atoms with Gasteiger partial charge in [-0.3, -0.25) is 9.55 Å². The van der Waals surface area contributed by atoms with Gasteiger partial charge in [0.25, 0.3) is 0 Å². The number of nitrogens with zero attached hydrogens (tertiary/aromatic N) is 1. The Morgan fingerprint density at radius 1 is 1.62 bits per heavy atom. The first-order valence-corrected chi connectivity index (χ1v) is 5.15. The third-order valence-corrected chi connectivity index (χ3v) is 2.66. The average Bonchev–Trinajstić information content (AvgIpc) is 2.47. The van der Waals surface area contributed by atoms with Crippen molar-refractivity contribution in [2.75, 3.05) is 13.7 Å². The van der Waals surface area contributed by atoms with E-state index in [1.807, 2.05) is 6.92 Å². The van der Waals surface area contributed by atoms with Crippen LogP contribution in [0.2, 0.25) is 0 Å². The molecule has 0 saturated heterocycles.